The van der Waals surface area contributed by atoms with Gasteiger partial charge in [0.25, 0.3) is 0 Å². The number of ether oxygens (including phenoxy) is 1. The van der Waals surface area contributed by atoms with E-state index in [1.165, 1.54) is 5.56 Å². The monoisotopic (exact) mass is 518 g/mol. The zero-order chi connectivity index (χ0) is 19.7. The maximum absolute atomic E-state index is 5.78. The Morgan fingerprint density at radius 3 is 2.80 bits per heavy atom. The number of furan rings is 1. The number of rotatable bonds is 7. The number of fused-ring (bicyclic) bond motifs is 1. The molecule has 2 aromatic heterocycles. The molecular formula is C23H27IN4O2. The van der Waals surface area contributed by atoms with Crippen molar-refractivity contribution in [1.82, 2.24) is 15.6 Å². The summed E-state index contributed by atoms with van der Waals surface area (Å²) in [6.07, 6.45) is 6.03. The summed E-state index contributed by atoms with van der Waals surface area (Å²) in [5.74, 6) is 2.69. The molecule has 158 valence electrons. The van der Waals surface area contributed by atoms with Gasteiger partial charge in [-0.05, 0) is 30.3 Å². The normalized spacial score (nSPS) is 15.5. The summed E-state index contributed by atoms with van der Waals surface area (Å²) in [4.78, 5) is 9.16. The van der Waals surface area contributed by atoms with E-state index in [1.54, 1.807) is 6.26 Å². The molecule has 4 rings (SSSR count). The lowest BCUT2D eigenvalue weighted by Crippen LogP contribution is -2.42. The van der Waals surface area contributed by atoms with Gasteiger partial charge in [0.15, 0.2) is 5.96 Å². The van der Waals surface area contributed by atoms with Crippen molar-refractivity contribution in [2.75, 3.05) is 19.7 Å². The minimum atomic E-state index is 0. The highest BCUT2D eigenvalue weighted by Crippen LogP contribution is 2.31. The fourth-order valence-electron chi connectivity index (χ4n) is 3.40. The maximum atomic E-state index is 5.78. The second kappa shape index (κ2) is 11.6. The van der Waals surface area contributed by atoms with Crippen LogP contribution in [0.25, 0.3) is 0 Å². The molecule has 0 radical (unpaired) electrons. The smallest absolute Gasteiger partial charge is 0.191 e. The summed E-state index contributed by atoms with van der Waals surface area (Å²) in [5.41, 5.74) is 2.23. The molecule has 0 bridgehead atoms. The van der Waals surface area contributed by atoms with Crippen LogP contribution in [0.2, 0.25) is 0 Å². The number of nitrogens with zero attached hydrogens (tertiary/aromatic N) is 2. The Morgan fingerprint density at radius 2 is 1.97 bits per heavy atom. The summed E-state index contributed by atoms with van der Waals surface area (Å²) < 4.78 is 11.2. The van der Waals surface area contributed by atoms with Crippen LogP contribution in [0.15, 0.2) is 76.5 Å². The number of benzene rings is 1. The van der Waals surface area contributed by atoms with Gasteiger partial charge in [-0.2, -0.15) is 0 Å². The summed E-state index contributed by atoms with van der Waals surface area (Å²) >= 11 is 0. The molecule has 6 nitrogen and oxygen atoms in total. The number of nitrogens with one attached hydrogen (secondary N) is 2. The average molecular weight is 518 g/mol. The van der Waals surface area contributed by atoms with Crippen molar-refractivity contribution in [2.24, 2.45) is 4.99 Å². The third-order valence-electron chi connectivity index (χ3n) is 4.88. The third-order valence-corrected chi connectivity index (χ3v) is 4.88. The van der Waals surface area contributed by atoms with E-state index in [4.69, 9.17) is 14.1 Å². The lowest BCUT2D eigenvalue weighted by molar-refractivity contribution is 0.261. The van der Waals surface area contributed by atoms with E-state index in [2.05, 4.69) is 21.7 Å². The van der Waals surface area contributed by atoms with E-state index in [0.29, 0.717) is 13.2 Å². The number of aromatic nitrogens is 1. The first-order valence-corrected chi connectivity index (χ1v) is 10.1. The number of aliphatic imine (C=N–C) groups is 1. The van der Waals surface area contributed by atoms with Gasteiger partial charge in [-0.1, -0.05) is 24.3 Å². The largest absolute Gasteiger partial charge is 0.493 e. The quantitative estimate of drug-likeness (QED) is 0.280. The van der Waals surface area contributed by atoms with Crippen molar-refractivity contribution in [2.45, 2.75) is 25.3 Å². The average Bonchev–Trinajstić information content (AvgIpc) is 3.28. The van der Waals surface area contributed by atoms with Crippen molar-refractivity contribution >= 4 is 29.9 Å². The summed E-state index contributed by atoms with van der Waals surface area (Å²) in [5, 5.41) is 7.04. The molecule has 3 heterocycles. The van der Waals surface area contributed by atoms with Crippen LogP contribution in [-0.4, -0.2) is 30.6 Å². The van der Waals surface area contributed by atoms with Crippen molar-refractivity contribution in [3.8, 4) is 5.75 Å². The number of guanidine groups is 1. The van der Waals surface area contributed by atoms with E-state index in [9.17, 15) is 0 Å². The van der Waals surface area contributed by atoms with Crippen molar-refractivity contribution in [1.29, 1.82) is 0 Å². The molecule has 0 amide bonds. The van der Waals surface area contributed by atoms with Crippen LogP contribution in [0, 0.1) is 0 Å². The number of halogens is 1. The van der Waals surface area contributed by atoms with Gasteiger partial charge in [0, 0.05) is 49.8 Å². The van der Waals surface area contributed by atoms with Crippen LogP contribution in [0.4, 0.5) is 0 Å². The fraction of sp³-hybridized carbons (Fsp3) is 0.304. The Kier molecular flexibility index (Phi) is 8.55. The Labute approximate surface area is 194 Å². The lowest BCUT2D eigenvalue weighted by atomic mass is 10.0. The second-order valence-electron chi connectivity index (χ2n) is 6.93. The SMILES string of the molecule is I.c1ccc(CCNC(=NCCc2ccco2)NC2CCOc3ccccc32)nc1. The Hall–Kier alpha value is -2.55. The van der Waals surface area contributed by atoms with E-state index in [0.717, 1.165) is 49.0 Å². The van der Waals surface area contributed by atoms with E-state index < -0.39 is 0 Å². The topological polar surface area (TPSA) is 71.7 Å². The first-order valence-electron chi connectivity index (χ1n) is 10.1. The lowest BCUT2D eigenvalue weighted by Gasteiger charge is -2.28. The highest BCUT2D eigenvalue weighted by atomic mass is 127. The molecule has 3 aromatic rings. The highest BCUT2D eigenvalue weighted by Gasteiger charge is 2.21. The molecular weight excluding hydrogens is 491 g/mol. The zero-order valence-corrected chi connectivity index (χ0v) is 19.1. The van der Waals surface area contributed by atoms with E-state index in [-0.39, 0.29) is 30.0 Å². The first kappa shape index (κ1) is 22.1. The van der Waals surface area contributed by atoms with Gasteiger partial charge in [-0.25, -0.2) is 0 Å². The van der Waals surface area contributed by atoms with E-state index >= 15 is 0 Å². The molecule has 0 fully saturated rings. The molecule has 1 unspecified atom stereocenters. The van der Waals surface area contributed by atoms with Crippen LogP contribution in [0.3, 0.4) is 0 Å². The predicted molar refractivity (Wildman–Crippen MR) is 129 cm³/mol. The second-order valence-corrected chi connectivity index (χ2v) is 6.93. The highest BCUT2D eigenvalue weighted by molar-refractivity contribution is 14.0. The summed E-state index contributed by atoms with van der Waals surface area (Å²) in [6, 6.07) is 18.2. The molecule has 1 aromatic carbocycles. The summed E-state index contributed by atoms with van der Waals surface area (Å²) in [6.45, 7) is 2.11. The molecule has 2 N–H and O–H groups in total. The molecule has 30 heavy (non-hydrogen) atoms. The molecule has 1 aliphatic heterocycles. The first-order chi connectivity index (χ1) is 14.4. The molecule has 1 aliphatic rings. The van der Waals surface area contributed by atoms with Gasteiger partial charge >= 0.3 is 0 Å². The van der Waals surface area contributed by atoms with Crippen LogP contribution >= 0.6 is 24.0 Å². The van der Waals surface area contributed by atoms with Crippen LogP contribution in [0.5, 0.6) is 5.75 Å². The number of para-hydroxylation sites is 1. The van der Waals surface area contributed by atoms with Gasteiger partial charge in [-0.3, -0.25) is 9.98 Å². The minimum Gasteiger partial charge on any atom is -0.493 e. The molecule has 7 heteroatoms. The number of pyridine rings is 1. The van der Waals surface area contributed by atoms with E-state index in [1.807, 2.05) is 54.7 Å². The Balaban J connectivity index is 0.00000256. The van der Waals surface area contributed by atoms with Gasteiger partial charge < -0.3 is 19.8 Å². The minimum absolute atomic E-state index is 0. The van der Waals surface area contributed by atoms with Crippen LogP contribution < -0.4 is 15.4 Å². The Morgan fingerprint density at radius 1 is 1.07 bits per heavy atom. The van der Waals surface area contributed by atoms with Gasteiger partial charge in [0.05, 0.1) is 18.9 Å². The maximum Gasteiger partial charge on any atom is 0.191 e. The molecule has 0 spiro atoms. The Bertz CT molecular complexity index is 916. The predicted octanol–water partition coefficient (Wildman–Crippen LogP) is 4.14. The van der Waals surface area contributed by atoms with Crippen molar-refractivity contribution < 1.29 is 9.15 Å². The van der Waals surface area contributed by atoms with Gasteiger partial charge in [0.2, 0.25) is 0 Å². The van der Waals surface area contributed by atoms with Crippen LogP contribution in [-0.2, 0) is 12.8 Å². The van der Waals surface area contributed by atoms with Gasteiger partial charge in [0.1, 0.15) is 11.5 Å². The third kappa shape index (κ3) is 6.22. The van der Waals surface area contributed by atoms with Crippen molar-refractivity contribution in [3.63, 3.8) is 0 Å². The van der Waals surface area contributed by atoms with Crippen molar-refractivity contribution in [3.05, 3.63) is 84.1 Å². The molecule has 0 aliphatic carbocycles. The zero-order valence-electron chi connectivity index (χ0n) is 16.8. The number of hydrogen-bond acceptors (Lipinski definition) is 4. The summed E-state index contributed by atoms with van der Waals surface area (Å²) in [7, 11) is 0. The van der Waals surface area contributed by atoms with Crippen LogP contribution in [0.1, 0.15) is 29.5 Å². The molecule has 0 saturated carbocycles. The fourth-order valence-corrected chi connectivity index (χ4v) is 3.40. The molecule has 1 atom stereocenters. The van der Waals surface area contributed by atoms with Gasteiger partial charge in [-0.15, -0.1) is 24.0 Å². The molecule has 0 saturated heterocycles. The number of hydrogen-bond donors (Lipinski definition) is 2. The standard InChI is InChI=1S/C23H26N4O2.HI/c1-2-9-22-20(8-1)21(12-17-29-22)27-23(26-15-11-19-7-5-16-28-19)25-14-10-18-6-3-4-13-24-18;/h1-9,13,16,21H,10-12,14-15,17H2,(H2,25,26,27);1H.